The second-order valence-corrected chi connectivity index (χ2v) is 7.53. The van der Waals surface area contributed by atoms with Crippen molar-refractivity contribution in [3.8, 4) is 0 Å². The van der Waals surface area contributed by atoms with E-state index in [9.17, 15) is 0 Å². The Kier molecular flexibility index (Phi) is 3.36. The zero-order valence-corrected chi connectivity index (χ0v) is 11.2. The molecule has 0 heterocycles. The van der Waals surface area contributed by atoms with Crippen molar-refractivity contribution < 1.29 is 0 Å². The molecule has 4 atom stereocenters. The first-order valence-corrected chi connectivity index (χ1v) is 7.04. The summed E-state index contributed by atoms with van der Waals surface area (Å²) in [6.07, 6.45) is 8.67. The summed E-state index contributed by atoms with van der Waals surface area (Å²) in [6.45, 7) is 6.93. The Bertz CT molecular complexity index is 219. The number of rotatable bonds is 4. The molecule has 2 saturated carbocycles. The Morgan fingerprint density at radius 1 is 1.27 bits per heavy atom. The zero-order valence-electron chi connectivity index (χ0n) is 10.4. The number of alkyl halides is 1. The van der Waals surface area contributed by atoms with Crippen LogP contribution >= 0.6 is 11.6 Å². The topological polar surface area (TPSA) is 0 Å². The second kappa shape index (κ2) is 4.28. The van der Waals surface area contributed by atoms with Crippen LogP contribution in [0.5, 0.6) is 0 Å². The van der Waals surface area contributed by atoms with Gasteiger partial charge in [-0.05, 0) is 62.2 Å². The van der Waals surface area contributed by atoms with Gasteiger partial charge in [0.25, 0.3) is 0 Å². The summed E-state index contributed by atoms with van der Waals surface area (Å²) in [6, 6.07) is 0. The first-order valence-electron chi connectivity index (χ1n) is 6.60. The molecule has 0 saturated heterocycles. The van der Waals surface area contributed by atoms with Crippen LogP contribution in [0.3, 0.4) is 0 Å². The van der Waals surface area contributed by atoms with E-state index in [2.05, 4.69) is 20.8 Å². The van der Waals surface area contributed by atoms with E-state index in [-0.39, 0.29) is 0 Å². The number of halogens is 1. The molecule has 2 bridgehead atoms. The highest BCUT2D eigenvalue weighted by Crippen LogP contribution is 2.52. The molecule has 0 nitrogen and oxygen atoms in total. The van der Waals surface area contributed by atoms with Crippen LogP contribution in [-0.4, -0.2) is 5.38 Å². The maximum atomic E-state index is 6.13. The highest BCUT2D eigenvalue weighted by molar-refractivity contribution is 6.20. The number of hydrogen-bond acceptors (Lipinski definition) is 0. The standard InChI is InChI=1S/C14H25Cl/c1-10(15)8-14(2,3)9-13-7-11-4-5-12(13)6-11/h10-13H,4-9H2,1-3H3. The van der Waals surface area contributed by atoms with Crippen molar-refractivity contribution in [3.63, 3.8) is 0 Å². The van der Waals surface area contributed by atoms with Gasteiger partial charge in [0.15, 0.2) is 0 Å². The van der Waals surface area contributed by atoms with Crippen LogP contribution in [0.2, 0.25) is 0 Å². The third-order valence-electron chi connectivity index (χ3n) is 4.53. The fourth-order valence-electron chi connectivity index (χ4n) is 4.18. The van der Waals surface area contributed by atoms with Crippen LogP contribution in [-0.2, 0) is 0 Å². The zero-order chi connectivity index (χ0) is 11.1. The van der Waals surface area contributed by atoms with Gasteiger partial charge in [0.2, 0.25) is 0 Å². The lowest BCUT2D eigenvalue weighted by molar-refractivity contribution is 0.196. The quantitative estimate of drug-likeness (QED) is 0.603. The van der Waals surface area contributed by atoms with Crippen molar-refractivity contribution in [2.75, 3.05) is 0 Å². The SMILES string of the molecule is CC(Cl)CC(C)(C)CC1CC2CCC1C2. The molecule has 2 rings (SSSR count). The lowest BCUT2D eigenvalue weighted by atomic mass is 9.74. The minimum absolute atomic E-state index is 0.332. The molecule has 0 aromatic carbocycles. The highest BCUT2D eigenvalue weighted by atomic mass is 35.5. The molecule has 4 unspecified atom stereocenters. The van der Waals surface area contributed by atoms with Crippen molar-refractivity contribution in [2.24, 2.45) is 23.2 Å². The summed E-state index contributed by atoms with van der Waals surface area (Å²) in [4.78, 5) is 0. The van der Waals surface area contributed by atoms with Crippen LogP contribution in [0.25, 0.3) is 0 Å². The van der Waals surface area contributed by atoms with Gasteiger partial charge < -0.3 is 0 Å². The van der Waals surface area contributed by atoms with Crippen molar-refractivity contribution in [3.05, 3.63) is 0 Å². The minimum Gasteiger partial charge on any atom is -0.123 e. The predicted octanol–water partition coefficient (Wildman–Crippen LogP) is 4.86. The molecule has 0 aromatic heterocycles. The molecule has 15 heavy (non-hydrogen) atoms. The van der Waals surface area contributed by atoms with Gasteiger partial charge in [-0.2, -0.15) is 0 Å². The van der Waals surface area contributed by atoms with Crippen LogP contribution in [0.1, 0.15) is 59.3 Å². The average molecular weight is 229 g/mol. The molecule has 0 aliphatic heterocycles. The van der Waals surface area contributed by atoms with Gasteiger partial charge in [0, 0.05) is 5.38 Å². The third kappa shape index (κ3) is 2.90. The molecule has 2 aliphatic carbocycles. The number of fused-ring (bicyclic) bond motifs is 2. The molecule has 0 radical (unpaired) electrons. The normalized spacial score (nSPS) is 37.2. The van der Waals surface area contributed by atoms with Crippen LogP contribution in [0, 0.1) is 23.2 Å². The first kappa shape index (κ1) is 11.8. The van der Waals surface area contributed by atoms with Gasteiger partial charge >= 0.3 is 0 Å². The maximum absolute atomic E-state index is 6.13. The van der Waals surface area contributed by atoms with E-state index in [0.29, 0.717) is 10.8 Å². The lowest BCUT2D eigenvalue weighted by Gasteiger charge is -2.32. The van der Waals surface area contributed by atoms with E-state index in [4.69, 9.17) is 11.6 Å². The number of hydrogen-bond donors (Lipinski definition) is 0. The minimum atomic E-state index is 0.332. The predicted molar refractivity (Wildman–Crippen MR) is 67.3 cm³/mol. The molecular weight excluding hydrogens is 204 g/mol. The van der Waals surface area contributed by atoms with Crippen molar-refractivity contribution in [1.82, 2.24) is 0 Å². The Hall–Kier alpha value is 0.290. The summed E-state index contributed by atoms with van der Waals surface area (Å²) in [7, 11) is 0. The van der Waals surface area contributed by atoms with E-state index in [1.807, 2.05) is 0 Å². The highest BCUT2D eigenvalue weighted by Gasteiger charge is 2.41. The van der Waals surface area contributed by atoms with Crippen molar-refractivity contribution in [2.45, 2.75) is 64.7 Å². The van der Waals surface area contributed by atoms with E-state index < -0.39 is 0 Å². The van der Waals surface area contributed by atoms with Crippen LogP contribution < -0.4 is 0 Å². The fraction of sp³-hybridized carbons (Fsp3) is 1.00. The lowest BCUT2D eigenvalue weighted by Crippen LogP contribution is -2.23. The van der Waals surface area contributed by atoms with E-state index in [0.717, 1.165) is 17.8 Å². The monoisotopic (exact) mass is 228 g/mol. The summed E-state index contributed by atoms with van der Waals surface area (Å²) in [5.74, 6) is 3.18. The first-order chi connectivity index (χ1) is 6.96. The van der Waals surface area contributed by atoms with Crippen molar-refractivity contribution in [1.29, 1.82) is 0 Å². The van der Waals surface area contributed by atoms with Gasteiger partial charge in [-0.15, -0.1) is 11.6 Å². The maximum Gasteiger partial charge on any atom is 0.0312 e. The summed E-state index contributed by atoms with van der Waals surface area (Å²) < 4.78 is 0. The van der Waals surface area contributed by atoms with Crippen LogP contribution in [0.4, 0.5) is 0 Å². The van der Waals surface area contributed by atoms with E-state index in [1.54, 1.807) is 0 Å². The molecule has 1 heteroatoms. The summed E-state index contributed by atoms with van der Waals surface area (Å²) in [5, 5.41) is 0.332. The molecule has 2 fully saturated rings. The molecule has 2 aliphatic rings. The molecule has 0 N–H and O–H groups in total. The van der Waals surface area contributed by atoms with E-state index >= 15 is 0 Å². The molecule has 0 amide bonds. The molecule has 0 spiro atoms. The smallest absolute Gasteiger partial charge is 0.0312 e. The average Bonchev–Trinajstić information content (AvgIpc) is 2.60. The molecular formula is C14H25Cl. The van der Waals surface area contributed by atoms with Crippen molar-refractivity contribution >= 4 is 11.6 Å². The Labute approximate surface area is 99.8 Å². The van der Waals surface area contributed by atoms with Gasteiger partial charge in [-0.3, -0.25) is 0 Å². The largest absolute Gasteiger partial charge is 0.123 e. The van der Waals surface area contributed by atoms with Gasteiger partial charge in [0.05, 0.1) is 0 Å². The van der Waals surface area contributed by atoms with Crippen LogP contribution in [0.15, 0.2) is 0 Å². The Balaban J connectivity index is 1.86. The summed E-state index contributed by atoms with van der Waals surface area (Å²) >= 11 is 6.13. The molecule has 88 valence electrons. The fourth-order valence-corrected chi connectivity index (χ4v) is 4.60. The summed E-state index contributed by atoms with van der Waals surface area (Å²) in [5.41, 5.74) is 0.455. The van der Waals surface area contributed by atoms with E-state index in [1.165, 1.54) is 38.5 Å². The van der Waals surface area contributed by atoms with Gasteiger partial charge in [0.1, 0.15) is 0 Å². The molecule has 0 aromatic rings. The third-order valence-corrected chi connectivity index (χ3v) is 4.69. The van der Waals surface area contributed by atoms with Gasteiger partial charge in [-0.1, -0.05) is 20.3 Å². The Morgan fingerprint density at radius 3 is 2.47 bits per heavy atom. The Morgan fingerprint density at radius 2 is 2.00 bits per heavy atom. The van der Waals surface area contributed by atoms with Gasteiger partial charge in [-0.25, -0.2) is 0 Å². The second-order valence-electron chi connectivity index (χ2n) is 6.79.